The lowest BCUT2D eigenvalue weighted by Gasteiger charge is -2.14. The lowest BCUT2D eigenvalue weighted by molar-refractivity contribution is 0.733. The summed E-state index contributed by atoms with van der Waals surface area (Å²) >= 11 is 8.00. The van der Waals surface area contributed by atoms with Gasteiger partial charge in [-0.1, -0.05) is 55.4 Å². The molecule has 0 aliphatic heterocycles. The quantitative estimate of drug-likeness (QED) is 0.649. The number of hydrogen-bond acceptors (Lipinski definition) is 3. The second-order valence-corrected chi connectivity index (χ2v) is 6.45. The van der Waals surface area contributed by atoms with Crippen molar-refractivity contribution in [3.05, 3.63) is 56.5 Å². The van der Waals surface area contributed by atoms with Crippen LogP contribution in [0.5, 0.6) is 0 Å². The van der Waals surface area contributed by atoms with Crippen molar-refractivity contribution in [3.63, 3.8) is 0 Å². The molecule has 1 atom stereocenters. The number of rotatable bonds is 5. The molecule has 0 radical (unpaired) electrons. The lowest BCUT2D eigenvalue weighted by atomic mass is 9.97. The van der Waals surface area contributed by atoms with Crippen LogP contribution in [0.2, 0.25) is 5.02 Å². The van der Waals surface area contributed by atoms with Gasteiger partial charge in [0, 0.05) is 22.5 Å². The number of aromatic amines is 1. The topological polar surface area (TPSA) is 45.8 Å². The van der Waals surface area contributed by atoms with E-state index in [-0.39, 0.29) is 5.56 Å². The standard InChI is InChI=1S/C16H19ClN2OS/c1-4-10(2)13-7-5-6-12(15(13)17)9-21-16-18-11(3)8-14(20)19-16/h5-8,10H,4,9H2,1-3H3,(H,18,19,20). The zero-order valence-electron chi connectivity index (χ0n) is 12.4. The molecule has 0 fully saturated rings. The van der Waals surface area contributed by atoms with E-state index in [0.29, 0.717) is 16.8 Å². The smallest absolute Gasteiger partial charge is 0.251 e. The van der Waals surface area contributed by atoms with Crippen molar-refractivity contribution in [2.24, 2.45) is 0 Å². The van der Waals surface area contributed by atoms with Crippen molar-refractivity contribution in [2.45, 2.75) is 44.0 Å². The summed E-state index contributed by atoms with van der Waals surface area (Å²) in [6, 6.07) is 7.63. The first kappa shape index (κ1) is 16.1. The Hall–Kier alpha value is -1.26. The van der Waals surface area contributed by atoms with Crippen LogP contribution in [0.15, 0.2) is 34.2 Å². The Bertz CT molecular complexity index is 684. The molecule has 0 spiro atoms. The van der Waals surface area contributed by atoms with E-state index in [2.05, 4.69) is 29.9 Å². The molecule has 0 saturated carbocycles. The maximum atomic E-state index is 11.4. The van der Waals surface area contributed by atoms with Crippen molar-refractivity contribution in [2.75, 3.05) is 0 Å². The van der Waals surface area contributed by atoms with E-state index >= 15 is 0 Å². The number of benzene rings is 1. The first-order valence-corrected chi connectivity index (χ1v) is 8.35. The van der Waals surface area contributed by atoms with Gasteiger partial charge in [-0.3, -0.25) is 4.79 Å². The molecule has 1 unspecified atom stereocenters. The summed E-state index contributed by atoms with van der Waals surface area (Å²) in [5.41, 5.74) is 2.86. The van der Waals surface area contributed by atoms with Gasteiger partial charge < -0.3 is 4.98 Å². The fraction of sp³-hybridized carbons (Fsp3) is 0.375. The normalized spacial score (nSPS) is 12.4. The van der Waals surface area contributed by atoms with Crippen LogP contribution in [0.4, 0.5) is 0 Å². The molecule has 2 aromatic rings. The van der Waals surface area contributed by atoms with Crippen LogP contribution >= 0.6 is 23.4 Å². The Morgan fingerprint density at radius 3 is 2.86 bits per heavy atom. The highest BCUT2D eigenvalue weighted by Crippen LogP contribution is 2.32. The van der Waals surface area contributed by atoms with Crippen molar-refractivity contribution in [1.82, 2.24) is 9.97 Å². The number of nitrogens with one attached hydrogen (secondary N) is 1. The summed E-state index contributed by atoms with van der Waals surface area (Å²) in [6.45, 7) is 6.15. The van der Waals surface area contributed by atoms with Gasteiger partial charge in [-0.05, 0) is 30.4 Å². The van der Waals surface area contributed by atoms with Crippen LogP contribution in [-0.2, 0) is 5.75 Å². The first-order valence-electron chi connectivity index (χ1n) is 6.99. The van der Waals surface area contributed by atoms with E-state index in [4.69, 9.17) is 11.6 Å². The van der Waals surface area contributed by atoms with Crippen molar-refractivity contribution in [3.8, 4) is 0 Å². The first-order chi connectivity index (χ1) is 10.0. The maximum Gasteiger partial charge on any atom is 0.251 e. The zero-order valence-corrected chi connectivity index (χ0v) is 14.0. The molecular weight excluding hydrogens is 304 g/mol. The van der Waals surface area contributed by atoms with Gasteiger partial charge in [-0.25, -0.2) is 4.98 Å². The Morgan fingerprint density at radius 2 is 2.19 bits per heavy atom. The Morgan fingerprint density at radius 1 is 1.43 bits per heavy atom. The monoisotopic (exact) mass is 322 g/mol. The summed E-state index contributed by atoms with van der Waals surface area (Å²) in [5.74, 6) is 1.13. The van der Waals surface area contributed by atoms with E-state index in [1.165, 1.54) is 23.4 Å². The van der Waals surface area contributed by atoms with Gasteiger partial charge >= 0.3 is 0 Å². The molecule has 0 amide bonds. The predicted molar refractivity (Wildman–Crippen MR) is 89.3 cm³/mol. The maximum absolute atomic E-state index is 11.4. The fourth-order valence-electron chi connectivity index (χ4n) is 2.08. The van der Waals surface area contributed by atoms with Gasteiger partial charge in [0.05, 0.1) is 0 Å². The third-order valence-electron chi connectivity index (χ3n) is 3.46. The number of H-pyrrole nitrogens is 1. The predicted octanol–water partition coefficient (Wildman–Crippen LogP) is 4.54. The molecule has 21 heavy (non-hydrogen) atoms. The third-order valence-corrected chi connectivity index (χ3v) is 4.85. The number of nitrogens with zero attached hydrogens (tertiary/aromatic N) is 1. The Labute approximate surface area is 134 Å². The number of halogens is 1. The van der Waals surface area contributed by atoms with Crippen LogP contribution in [-0.4, -0.2) is 9.97 Å². The molecule has 1 N–H and O–H groups in total. The molecule has 1 aromatic carbocycles. The highest BCUT2D eigenvalue weighted by Gasteiger charge is 2.11. The van der Waals surface area contributed by atoms with Crippen LogP contribution < -0.4 is 5.56 Å². The van der Waals surface area contributed by atoms with E-state index < -0.39 is 0 Å². The van der Waals surface area contributed by atoms with Gasteiger partial charge in [-0.15, -0.1) is 0 Å². The third kappa shape index (κ3) is 4.11. The van der Waals surface area contributed by atoms with Crippen molar-refractivity contribution < 1.29 is 0 Å². The minimum Gasteiger partial charge on any atom is -0.301 e. The van der Waals surface area contributed by atoms with Gasteiger partial charge in [0.15, 0.2) is 5.16 Å². The van der Waals surface area contributed by atoms with E-state index in [1.807, 2.05) is 19.1 Å². The van der Waals surface area contributed by atoms with Crippen molar-refractivity contribution >= 4 is 23.4 Å². The SMILES string of the molecule is CCC(C)c1cccc(CSc2nc(C)cc(=O)[nH]2)c1Cl. The minimum atomic E-state index is -0.121. The number of aryl methyl sites for hydroxylation is 1. The van der Waals surface area contributed by atoms with E-state index in [9.17, 15) is 4.79 Å². The summed E-state index contributed by atoms with van der Waals surface area (Å²) < 4.78 is 0. The minimum absolute atomic E-state index is 0.121. The van der Waals surface area contributed by atoms with Gasteiger partial charge in [-0.2, -0.15) is 0 Å². The molecule has 0 saturated heterocycles. The molecule has 112 valence electrons. The molecule has 1 heterocycles. The summed E-state index contributed by atoms with van der Waals surface area (Å²) in [7, 11) is 0. The van der Waals surface area contributed by atoms with Crippen LogP contribution in [0, 0.1) is 6.92 Å². The fourth-order valence-corrected chi connectivity index (χ4v) is 3.45. The zero-order chi connectivity index (χ0) is 15.4. The molecular formula is C16H19ClN2OS. The number of aromatic nitrogens is 2. The van der Waals surface area contributed by atoms with Gasteiger partial charge in [0.25, 0.3) is 5.56 Å². The van der Waals surface area contributed by atoms with Gasteiger partial charge in [0.1, 0.15) is 0 Å². The molecule has 5 heteroatoms. The van der Waals surface area contributed by atoms with Crippen LogP contribution in [0.3, 0.4) is 0 Å². The van der Waals surface area contributed by atoms with E-state index in [0.717, 1.165) is 22.7 Å². The number of hydrogen-bond donors (Lipinski definition) is 1. The molecule has 0 aliphatic carbocycles. The summed E-state index contributed by atoms with van der Waals surface area (Å²) in [5, 5.41) is 1.46. The second kappa shape index (κ2) is 7.14. The molecule has 1 aromatic heterocycles. The summed E-state index contributed by atoms with van der Waals surface area (Å²) in [4.78, 5) is 18.5. The second-order valence-electron chi connectivity index (χ2n) is 5.11. The molecule has 0 bridgehead atoms. The Kier molecular flexibility index (Phi) is 5.48. The molecule has 0 aliphatic rings. The molecule has 3 nitrogen and oxygen atoms in total. The summed E-state index contributed by atoms with van der Waals surface area (Å²) in [6.07, 6.45) is 1.06. The largest absolute Gasteiger partial charge is 0.301 e. The average molecular weight is 323 g/mol. The van der Waals surface area contributed by atoms with Gasteiger partial charge in [0.2, 0.25) is 0 Å². The van der Waals surface area contributed by atoms with Crippen molar-refractivity contribution in [1.29, 1.82) is 0 Å². The van der Waals surface area contributed by atoms with Crippen LogP contribution in [0.1, 0.15) is 43.0 Å². The average Bonchev–Trinajstić information content (AvgIpc) is 2.44. The Balaban J connectivity index is 2.18. The van der Waals surface area contributed by atoms with Crippen LogP contribution in [0.25, 0.3) is 0 Å². The lowest BCUT2D eigenvalue weighted by Crippen LogP contribution is -2.08. The van der Waals surface area contributed by atoms with E-state index in [1.54, 1.807) is 0 Å². The highest BCUT2D eigenvalue weighted by molar-refractivity contribution is 7.98. The highest BCUT2D eigenvalue weighted by atomic mass is 35.5. The molecule has 2 rings (SSSR count). The number of thioether (sulfide) groups is 1.